The number of aryl methyl sites for hydroxylation is 2. The number of imidazole rings is 1. The number of hydrogen-bond acceptors (Lipinski definition) is 4. The first kappa shape index (κ1) is 18.6. The number of rotatable bonds is 4. The van der Waals surface area contributed by atoms with Gasteiger partial charge in [-0.05, 0) is 36.8 Å². The second-order valence-electron chi connectivity index (χ2n) is 6.51. The van der Waals surface area contributed by atoms with Crippen LogP contribution in [0, 0.1) is 6.92 Å². The van der Waals surface area contributed by atoms with Crippen molar-refractivity contribution in [2.75, 3.05) is 0 Å². The van der Waals surface area contributed by atoms with Gasteiger partial charge in [-0.15, -0.1) is 0 Å². The van der Waals surface area contributed by atoms with Gasteiger partial charge in [0, 0.05) is 17.0 Å². The zero-order valence-corrected chi connectivity index (χ0v) is 16.8. The highest BCUT2D eigenvalue weighted by Gasteiger charge is 2.18. The molecule has 0 saturated heterocycles. The maximum absolute atomic E-state index is 12.6. The van der Waals surface area contributed by atoms with E-state index >= 15 is 0 Å². The standard InChI is InChI=1S/C20H17ClN4O2S/c1-12-3-9-15(10-4-12)28-20-22-17-16(18(26)23-19(27)24(17)2)25(20)11-13-5-7-14(21)8-6-13/h3-10H,11H2,1-2H3,(H,23,26,27). The van der Waals surface area contributed by atoms with Gasteiger partial charge in [-0.1, -0.05) is 53.2 Å². The summed E-state index contributed by atoms with van der Waals surface area (Å²) >= 11 is 7.44. The molecule has 2 aromatic carbocycles. The number of aromatic nitrogens is 4. The van der Waals surface area contributed by atoms with Crippen LogP contribution >= 0.6 is 23.4 Å². The smallest absolute Gasteiger partial charge is 0.308 e. The van der Waals surface area contributed by atoms with Crippen LogP contribution in [0.15, 0.2) is 68.2 Å². The third-order valence-electron chi connectivity index (χ3n) is 4.46. The molecule has 0 aliphatic rings. The number of hydrogen-bond donors (Lipinski definition) is 1. The van der Waals surface area contributed by atoms with Gasteiger partial charge in [-0.25, -0.2) is 9.78 Å². The molecule has 142 valence electrons. The van der Waals surface area contributed by atoms with E-state index in [0.29, 0.717) is 27.9 Å². The Labute approximate surface area is 169 Å². The van der Waals surface area contributed by atoms with Gasteiger partial charge in [0.25, 0.3) is 5.56 Å². The molecule has 8 heteroatoms. The first-order valence-electron chi connectivity index (χ1n) is 8.61. The second kappa shape index (κ2) is 7.33. The number of benzene rings is 2. The van der Waals surface area contributed by atoms with E-state index in [1.165, 1.54) is 16.3 Å². The molecule has 0 atom stereocenters. The molecule has 2 heterocycles. The molecule has 0 saturated carbocycles. The molecule has 2 aromatic heterocycles. The van der Waals surface area contributed by atoms with Crippen LogP contribution < -0.4 is 11.2 Å². The molecular formula is C20H17ClN4O2S. The summed E-state index contributed by atoms with van der Waals surface area (Å²) in [5, 5.41) is 1.29. The van der Waals surface area contributed by atoms with E-state index in [0.717, 1.165) is 16.0 Å². The summed E-state index contributed by atoms with van der Waals surface area (Å²) in [5.41, 5.74) is 1.93. The van der Waals surface area contributed by atoms with Gasteiger partial charge in [-0.3, -0.25) is 14.3 Å². The molecule has 0 aliphatic carbocycles. The molecule has 4 aromatic rings. The van der Waals surface area contributed by atoms with Gasteiger partial charge >= 0.3 is 5.69 Å². The van der Waals surface area contributed by atoms with E-state index in [4.69, 9.17) is 11.6 Å². The van der Waals surface area contributed by atoms with Crippen LogP contribution in [-0.4, -0.2) is 19.1 Å². The fourth-order valence-electron chi connectivity index (χ4n) is 2.92. The highest BCUT2D eigenvalue weighted by atomic mass is 35.5. The predicted octanol–water partition coefficient (Wildman–Crippen LogP) is 3.58. The minimum absolute atomic E-state index is 0.359. The van der Waals surface area contributed by atoms with E-state index in [-0.39, 0.29) is 0 Å². The van der Waals surface area contributed by atoms with Crippen LogP contribution in [0.4, 0.5) is 0 Å². The molecule has 0 spiro atoms. The Hall–Kier alpha value is -2.77. The average molecular weight is 413 g/mol. The number of nitrogens with zero attached hydrogens (tertiary/aromatic N) is 3. The van der Waals surface area contributed by atoms with Crippen LogP contribution in [0.25, 0.3) is 11.2 Å². The zero-order valence-electron chi connectivity index (χ0n) is 15.3. The van der Waals surface area contributed by atoms with E-state index < -0.39 is 11.2 Å². The fraction of sp³-hybridized carbons (Fsp3) is 0.150. The Kier molecular flexibility index (Phi) is 4.87. The Morgan fingerprint density at radius 3 is 2.43 bits per heavy atom. The highest BCUT2D eigenvalue weighted by molar-refractivity contribution is 7.99. The average Bonchev–Trinajstić information content (AvgIpc) is 3.02. The first-order chi connectivity index (χ1) is 13.4. The monoisotopic (exact) mass is 412 g/mol. The summed E-state index contributed by atoms with van der Waals surface area (Å²) in [6.45, 7) is 2.46. The van der Waals surface area contributed by atoms with Crippen LogP contribution in [0.1, 0.15) is 11.1 Å². The minimum atomic E-state index is -0.486. The third kappa shape index (κ3) is 3.50. The summed E-state index contributed by atoms with van der Waals surface area (Å²) in [7, 11) is 1.60. The Balaban J connectivity index is 1.89. The molecule has 0 unspecified atom stereocenters. The van der Waals surface area contributed by atoms with Crippen LogP contribution in [0.2, 0.25) is 5.02 Å². The van der Waals surface area contributed by atoms with Crippen molar-refractivity contribution < 1.29 is 0 Å². The Morgan fingerprint density at radius 1 is 1.07 bits per heavy atom. The first-order valence-corrected chi connectivity index (χ1v) is 9.80. The SMILES string of the molecule is Cc1ccc(Sc2nc3c(c(=O)[nH]c(=O)n3C)n2Cc2ccc(Cl)cc2)cc1. The molecule has 0 radical (unpaired) electrons. The summed E-state index contributed by atoms with van der Waals surface area (Å²) in [4.78, 5) is 32.5. The van der Waals surface area contributed by atoms with Gasteiger partial charge in [0.2, 0.25) is 0 Å². The van der Waals surface area contributed by atoms with Crippen molar-refractivity contribution in [3.05, 3.63) is 85.5 Å². The highest BCUT2D eigenvalue weighted by Crippen LogP contribution is 2.30. The lowest BCUT2D eigenvalue weighted by molar-refractivity contribution is 0.728. The van der Waals surface area contributed by atoms with Gasteiger partial charge in [0.1, 0.15) is 0 Å². The lowest BCUT2D eigenvalue weighted by Gasteiger charge is -2.09. The van der Waals surface area contributed by atoms with E-state index in [9.17, 15) is 9.59 Å². The Morgan fingerprint density at radius 2 is 1.75 bits per heavy atom. The Bertz CT molecular complexity index is 1270. The van der Waals surface area contributed by atoms with Gasteiger partial charge in [-0.2, -0.15) is 0 Å². The summed E-state index contributed by atoms with van der Waals surface area (Å²) in [6, 6.07) is 15.5. The lowest BCUT2D eigenvalue weighted by atomic mass is 10.2. The molecular weight excluding hydrogens is 396 g/mol. The van der Waals surface area contributed by atoms with Gasteiger partial charge < -0.3 is 4.57 Å². The number of nitrogens with one attached hydrogen (secondary N) is 1. The molecule has 1 N–H and O–H groups in total. The van der Waals surface area contributed by atoms with Crippen molar-refractivity contribution in [1.82, 2.24) is 19.1 Å². The van der Waals surface area contributed by atoms with Crippen molar-refractivity contribution in [1.29, 1.82) is 0 Å². The summed E-state index contributed by atoms with van der Waals surface area (Å²) < 4.78 is 3.19. The van der Waals surface area contributed by atoms with E-state index in [1.807, 2.05) is 60.0 Å². The minimum Gasteiger partial charge on any atom is -0.308 e. The van der Waals surface area contributed by atoms with E-state index in [2.05, 4.69) is 9.97 Å². The van der Waals surface area contributed by atoms with Crippen molar-refractivity contribution in [2.24, 2.45) is 7.05 Å². The normalized spacial score (nSPS) is 11.2. The molecule has 4 rings (SSSR count). The zero-order chi connectivity index (χ0) is 19.8. The lowest BCUT2D eigenvalue weighted by Crippen LogP contribution is -2.29. The summed E-state index contributed by atoms with van der Waals surface area (Å²) in [6.07, 6.45) is 0. The molecule has 0 amide bonds. The van der Waals surface area contributed by atoms with Crippen LogP contribution in [0.3, 0.4) is 0 Å². The maximum Gasteiger partial charge on any atom is 0.329 e. The van der Waals surface area contributed by atoms with Crippen molar-refractivity contribution >= 4 is 34.5 Å². The predicted molar refractivity (Wildman–Crippen MR) is 111 cm³/mol. The number of halogens is 1. The number of H-pyrrole nitrogens is 1. The summed E-state index contributed by atoms with van der Waals surface area (Å²) in [5.74, 6) is 0. The number of fused-ring (bicyclic) bond motifs is 1. The fourth-order valence-corrected chi connectivity index (χ4v) is 3.93. The van der Waals surface area contributed by atoms with Crippen LogP contribution in [0.5, 0.6) is 0 Å². The maximum atomic E-state index is 12.6. The van der Waals surface area contributed by atoms with Crippen molar-refractivity contribution in [3.63, 3.8) is 0 Å². The van der Waals surface area contributed by atoms with Crippen molar-refractivity contribution in [3.8, 4) is 0 Å². The molecule has 0 aliphatic heterocycles. The van der Waals surface area contributed by atoms with E-state index in [1.54, 1.807) is 7.05 Å². The molecule has 6 nitrogen and oxygen atoms in total. The largest absolute Gasteiger partial charge is 0.329 e. The van der Waals surface area contributed by atoms with Crippen LogP contribution in [-0.2, 0) is 13.6 Å². The second-order valence-corrected chi connectivity index (χ2v) is 7.99. The third-order valence-corrected chi connectivity index (χ3v) is 5.71. The molecule has 0 bridgehead atoms. The molecule has 0 fully saturated rings. The van der Waals surface area contributed by atoms with Crippen molar-refractivity contribution in [2.45, 2.75) is 23.5 Å². The quantitative estimate of drug-likeness (QED) is 0.556. The molecule has 28 heavy (non-hydrogen) atoms. The van der Waals surface area contributed by atoms with Gasteiger partial charge in [0.05, 0.1) is 6.54 Å². The number of aromatic amines is 1. The van der Waals surface area contributed by atoms with Gasteiger partial charge in [0.15, 0.2) is 16.3 Å². The topological polar surface area (TPSA) is 72.7 Å².